The van der Waals surface area contributed by atoms with Crippen molar-refractivity contribution in [3.63, 3.8) is 0 Å². The molecule has 0 saturated carbocycles. The fourth-order valence-corrected chi connectivity index (χ4v) is 1.66. The molecule has 17 heavy (non-hydrogen) atoms. The Balaban J connectivity index is 2.02. The van der Waals surface area contributed by atoms with Crippen molar-refractivity contribution in [2.45, 2.75) is 12.1 Å². The maximum Gasteiger partial charge on any atom is 0.163 e. The topological polar surface area (TPSA) is 30.5 Å². The van der Waals surface area contributed by atoms with Gasteiger partial charge in [-0.1, -0.05) is 12.1 Å². The molecule has 1 aromatic carbocycles. The van der Waals surface area contributed by atoms with Crippen LogP contribution in [-0.4, -0.2) is 33.0 Å². The summed E-state index contributed by atoms with van der Waals surface area (Å²) in [5.41, 5.74) is 0.285. The molecule has 1 aliphatic rings. The maximum atomic E-state index is 13.6. The van der Waals surface area contributed by atoms with Crippen LogP contribution in [0.25, 0.3) is 0 Å². The van der Waals surface area contributed by atoms with Gasteiger partial charge in [-0.05, 0) is 13.1 Å². The average Bonchev–Trinajstić information content (AvgIpc) is 2.27. The number of likely N-dealkylation sites (N-methyl/N-ethyl adjacent to an activating group) is 1. The molecule has 1 N–H and O–H groups in total. The van der Waals surface area contributed by atoms with Crippen molar-refractivity contribution < 1.29 is 18.3 Å². The molecular formula is C12H15F2NO2. The molecule has 5 heteroatoms. The highest BCUT2D eigenvalue weighted by Gasteiger charge is 2.22. The van der Waals surface area contributed by atoms with Crippen molar-refractivity contribution in [1.29, 1.82) is 0 Å². The zero-order valence-corrected chi connectivity index (χ0v) is 9.58. The summed E-state index contributed by atoms with van der Waals surface area (Å²) in [6.45, 7) is 1.44. The Morgan fingerprint density at radius 3 is 2.82 bits per heavy atom. The van der Waals surface area contributed by atoms with Crippen LogP contribution < -0.4 is 5.32 Å². The Bertz CT molecular complexity index is 383. The Hall–Kier alpha value is -1.04. The third-order valence-corrected chi connectivity index (χ3v) is 2.81. The highest BCUT2D eigenvalue weighted by Crippen LogP contribution is 2.20. The minimum absolute atomic E-state index is 0.0717. The largest absolute Gasteiger partial charge is 0.376 e. The second-order valence-corrected chi connectivity index (χ2v) is 3.98. The van der Waals surface area contributed by atoms with E-state index in [0.29, 0.717) is 19.8 Å². The number of hydrogen-bond donors (Lipinski definition) is 1. The van der Waals surface area contributed by atoms with Crippen molar-refractivity contribution in [2.24, 2.45) is 0 Å². The van der Waals surface area contributed by atoms with Gasteiger partial charge < -0.3 is 14.8 Å². The summed E-state index contributed by atoms with van der Waals surface area (Å²) in [5.74, 6) is -1.66. The SMILES string of the molecule is CNC(COC1COC1)c1cccc(F)c1F. The molecule has 0 amide bonds. The first-order valence-corrected chi connectivity index (χ1v) is 5.53. The summed E-state index contributed by atoms with van der Waals surface area (Å²) in [4.78, 5) is 0. The highest BCUT2D eigenvalue weighted by atomic mass is 19.2. The van der Waals surface area contributed by atoms with E-state index < -0.39 is 11.6 Å². The zero-order valence-electron chi connectivity index (χ0n) is 9.58. The van der Waals surface area contributed by atoms with Crippen LogP contribution in [0.15, 0.2) is 18.2 Å². The summed E-state index contributed by atoms with van der Waals surface area (Å²) in [6, 6.07) is 3.79. The third-order valence-electron chi connectivity index (χ3n) is 2.81. The molecule has 0 spiro atoms. The van der Waals surface area contributed by atoms with Crippen molar-refractivity contribution in [1.82, 2.24) is 5.32 Å². The van der Waals surface area contributed by atoms with E-state index in [1.165, 1.54) is 6.07 Å². The van der Waals surface area contributed by atoms with Crippen LogP contribution >= 0.6 is 0 Å². The number of benzene rings is 1. The van der Waals surface area contributed by atoms with Gasteiger partial charge in [0.05, 0.1) is 25.9 Å². The summed E-state index contributed by atoms with van der Waals surface area (Å²) in [6.07, 6.45) is 0.0717. The fourth-order valence-electron chi connectivity index (χ4n) is 1.66. The van der Waals surface area contributed by atoms with Crippen molar-refractivity contribution in [2.75, 3.05) is 26.9 Å². The van der Waals surface area contributed by atoms with Gasteiger partial charge in [0.15, 0.2) is 11.6 Å². The van der Waals surface area contributed by atoms with E-state index in [1.807, 2.05) is 0 Å². The average molecular weight is 243 g/mol. The zero-order chi connectivity index (χ0) is 12.3. The smallest absolute Gasteiger partial charge is 0.163 e. The normalized spacial score (nSPS) is 17.8. The summed E-state index contributed by atoms with van der Waals surface area (Å²) in [5, 5.41) is 2.92. The third kappa shape index (κ3) is 2.80. The van der Waals surface area contributed by atoms with Crippen molar-refractivity contribution >= 4 is 0 Å². The predicted octanol–water partition coefficient (Wildman–Crippen LogP) is 1.64. The molecule has 94 valence electrons. The number of rotatable bonds is 5. The Morgan fingerprint density at radius 2 is 2.24 bits per heavy atom. The maximum absolute atomic E-state index is 13.6. The summed E-state index contributed by atoms with van der Waals surface area (Å²) < 4.78 is 37.1. The molecule has 1 aromatic rings. The molecule has 1 aliphatic heterocycles. The van der Waals surface area contributed by atoms with Crippen molar-refractivity contribution in [3.05, 3.63) is 35.4 Å². The minimum atomic E-state index is -0.838. The van der Waals surface area contributed by atoms with Crippen LogP contribution in [0.2, 0.25) is 0 Å². The second kappa shape index (κ2) is 5.53. The van der Waals surface area contributed by atoms with Gasteiger partial charge in [0.1, 0.15) is 6.10 Å². The minimum Gasteiger partial charge on any atom is -0.376 e. The van der Waals surface area contributed by atoms with E-state index in [9.17, 15) is 8.78 Å². The number of hydrogen-bond acceptors (Lipinski definition) is 3. The highest BCUT2D eigenvalue weighted by molar-refractivity contribution is 5.22. The van der Waals surface area contributed by atoms with Gasteiger partial charge in [-0.2, -0.15) is 0 Å². The molecule has 3 nitrogen and oxygen atoms in total. The Labute approximate surface area is 98.7 Å². The lowest BCUT2D eigenvalue weighted by Gasteiger charge is -2.28. The lowest BCUT2D eigenvalue weighted by atomic mass is 10.1. The van der Waals surface area contributed by atoms with E-state index in [4.69, 9.17) is 9.47 Å². The summed E-state index contributed by atoms with van der Waals surface area (Å²) >= 11 is 0. The first-order chi connectivity index (χ1) is 8.22. The molecule has 1 unspecified atom stereocenters. The lowest BCUT2D eigenvalue weighted by molar-refractivity contribution is -0.133. The molecule has 0 bridgehead atoms. The Morgan fingerprint density at radius 1 is 1.47 bits per heavy atom. The first-order valence-electron chi connectivity index (χ1n) is 5.53. The van der Waals surface area contributed by atoms with Crippen molar-refractivity contribution in [3.8, 4) is 0 Å². The molecule has 0 aliphatic carbocycles. The van der Waals surface area contributed by atoms with Crippen LogP contribution in [0.3, 0.4) is 0 Å². The monoisotopic (exact) mass is 243 g/mol. The molecule has 1 saturated heterocycles. The van der Waals surface area contributed by atoms with Gasteiger partial charge in [0, 0.05) is 5.56 Å². The Kier molecular flexibility index (Phi) is 4.04. The van der Waals surface area contributed by atoms with Gasteiger partial charge in [-0.15, -0.1) is 0 Å². The quantitative estimate of drug-likeness (QED) is 0.852. The molecule has 2 rings (SSSR count). The first kappa shape index (κ1) is 12.4. The molecular weight excluding hydrogens is 228 g/mol. The fraction of sp³-hybridized carbons (Fsp3) is 0.500. The van der Waals surface area contributed by atoms with E-state index in [2.05, 4.69) is 5.32 Å². The van der Waals surface area contributed by atoms with E-state index in [0.717, 1.165) is 6.07 Å². The molecule has 0 radical (unpaired) electrons. The van der Waals surface area contributed by atoms with Crippen LogP contribution in [0, 0.1) is 11.6 Å². The second-order valence-electron chi connectivity index (χ2n) is 3.98. The van der Waals surface area contributed by atoms with E-state index in [-0.39, 0.29) is 17.7 Å². The summed E-state index contributed by atoms with van der Waals surface area (Å²) in [7, 11) is 1.69. The van der Waals surface area contributed by atoms with Crippen LogP contribution in [0.4, 0.5) is 8.78 Å². The van der Waals surface area contributed by atoms with Gasteiger partial charge in [-0.25, -0.2) is 8.78 Å². The molecule has 1 atom stereocenters. The van der Waals surface area contributed by atoms with Crippen LogP contribution in [-0.2, 0) is 9.47 Å². The lowest BCUT2D eigenvalue weighted by Crippen LogP contribution is -2.38. The van der Waals surface area contributed by atoms with Gasteiger partial charge >= 0.3 is 0 Å². The molecule has 0 aromatic heterocycles. The van der Waals surface area contributed by atoms with Gasteiger partial charge in [-0.3, -0.25) is 0 Å². The number of ether oxygens (including phenoxy) is 2. The molecule has 1 fully saturated rings. The predicted molar refractivity (Wildman–Crippen MR) is 58.7 cm³/mol. The van der Waals surface area contributed by atoms with Crippen LogP contribution in [0.5, 0.6) is 0 Å². The van der Waals surface area contributed by atoms with Gasteiger partial charge in [0.25, 0.3) is 0 Å². The van der Waals surface area contributed by atoms with Crippen LogP contribution in [0.1, 0.15) is 11.6 Å². The van der Waals surface area contributed by atoms with E-state index in [1.54, 1.807) is 13.1 Å². The standard InChI is InChI=1S/C12H15F2NO2/c1-15-11(7-17-8-5-16-6-8)9-3-2-4-10(13)12(9)14/h2-4,8,11,15H,5-7H2,1H3. The number of nitrogens with one attached hydrogen (secondary N) is 1. The van der Waals surface area contributed by atoms with E-state index >= 15 is 0 Å². The number of halogens is 2. The van der Waals surface area contributed by atoms with Gasteiger partial charge in [0.2, 0.25) is 0 Å². The molecule has 1 heterocycles.